The zero-order chi connectivity index (χ0) is 8.55. The first-order chi connectivity index (χ1) is 5.86. The molecule has 0 N–H and O–H groups in total. The Morgan fingerprint density at radius 1 is 1.58 bits per heavy atom. The molecule has 2 fully saturated rings. The summed E-state index contributed by atoms with van der Waals surface area (Å²) in [5.41, 5.74) is 2.71. The summed E-state index contributed by atoms with van der Waals surface area (Å²) in [4.78, 5) is 0. The lowest BCUT2D eigenvalue weighted by atomic mass is 9.94. The maximum absolute atomic E-state index is 5.55. The number of hydrogen-bond donors (Lipinski definition) is 0. The van der Waals surface area contributed by atoms with Crippen LogP contribution in [0.4, 0.5) is 0 Å². The van der Waals surface area contributed by atoms with Crippen molar-refractivity contribution < 1.29 is 4.12 Å². The van der Waals surface area contributed by atoms with Crippen LogP contribution in [-0.4, -0.2) is 20.2 Å². The van der Waals surface area contributed by atoms with E-state index >= 15 is 0 Å². The quantitative estimate of drug-likeness (QED) is 0.465. The van der Waals surface area contributed by atoms with E-state index in [2.05, 4.69) is 13.0 Å². The van der Waals surface area contributed by atoms with Crippen molar-refractivity contribution >= 4 is 20.2 Å². The van der Waals surface area contributed by atoms with Crippen LogP contribution in [0.15, 0.2) is 11.6 Å². The summed E-state index contributed by atoms with van der Waals surface area (Å²) in [5, 5.41) is 0. The van der Waals surface area contributed by atoms with Crippen molar-refractivity contribution in [3.05, 3.63) is 11.6 Å². The average molecular weight is 198 g/mol. The summed E-state index contributed by atoms with van der Waals surface area (Å²) in [6, 6.07) is 0. The lowest BCUT2D eigenvalue weighted by molar-refractivity contribution is 0.522. The SMILES string of the molecule is CC=C1C2CCC(C2)C1[SiH2]O[SiH3]. The minimum atomic E-state index is -0.195. The molecule has 0 aliphatic heterocycles. The summed E-state index contributed by atoms with van der Waals surface area (Å²) in [5.74, 6) is 2.00. The fourth-order valence-electron chi connectivity index (χ4n) is 3.12. The Labute approximate surface area is 80.1 Å². The van der Waals surface area contributed by atoms with Crippen LogP contribution in [-0.2, 0) is 4.12 Å². The molecular formula is C9H18OSi2. The number of fused-ring (bicyclic) bond motifs is 2. The van der Waals surface area contributed by atoms with Gasteiger partial charge >= 0.3 is 0 Å². The van der Waals surface area contributed by atoms with Crippen LogP contribution >= 0.6 is 0 Å². The van der Waals surface area contributed by atoms with Gasteiger partial charge in [0.05, 0.1) is 0 Å². The van der Waals surface area contributed by atoms with E-state index in [1.165, 1.54) is 19.3 Å². The Kier molecular flexibility index (Phi) is 2.53. The van der Waals surface area contributed by atoms with E-state index in [4.69, 9.17) is 4.12 Å². The van der Waals surface area contributed by atoms with Crippen molar-refractivity contribution in [3.63, 3.8) is 0 Å². The largest absolute Gasteiger partial charge is 0.468 e. The Morgan fingerprint density at radius 2 is 2.42 bits per heavy atom. The highest BCUT2D eigenvalue weighted by molar-refractivity contribution is 6.37. The summed E-state index contributed by atoms with van der Waals surface area (Å²) in [7, 11) is 0.766. The number of rotatable bonds is 2. The molecule has 3 atom stereocenters. The highest BCUT2D eigenvalue weighted by atomic mass is 28.3. The molecule has 0 heterocycles. The maximum Gasteiger partial charge on any atom is 0.153 e. The van der Waals surface area contributed by atoms with Gasteiger partial charge in [-0.15, -0.1) is 0 Å². The summed E-state index contributed by atoms with van der Waals surface area (Å²) >= 11 is 0. The monoisotopic (exact) mass is 198 g/mol. The molecule has 2 aliphatic rings. The van der Waals surface area contributed by atoms with Gasteiger partial charge in [-0.25, -0.2) is 0 Å². The molecule has 0 spiro atoms. The standard InChI is InChI=1S/C9H18OSi2/c1-2-8-6-3-4-7(5-6)9(8)12-10-11/h2,6-7,9H,3-5,12H2,1,11H3. The number of allylic oxidation sites excluding steroid dienone is 2. The van der Waals surface area contributed by atoms with E-state index in [0.29, 0.717) is 0 Å². The van der Waals surface area contributed by atoms with Crippen LogP contribution in [0, 0.1) is 11.8 Å². The van der Waals surface area contributed by atoms with Crippen molar-refractivity contribution in [2.75, 3.05) is 0 Å². The van der Waals surface area contributed by atoms with Crippen molar-refractivity contribution in [2.24, 2.45) is 11.8 Å². The van der Waals surface area contributed by atoms with Gasteiger partial charge in [0.2, 0.25) is 0 Å². The van der Waals surface area contributed by atoms with Gasteiger partial charge in [-0.2, -0.15) is 0 Å². The zero-order valence-electron chi connectivity index (χ0n) is 8.05. The van der Waals surface area contributed by atoms with Crippen LogP contribution in [0.5, 0.6) is 0 Å². The normalized spacial score (nSPS) is 44.1. The van der Waals surface area contributed by atoms with Crippen LogP contribution in [0.2, 0.25) is 5.54 Å². The molecule has 2 bridgehead atoms. The molecule has 0 aromatic carbocycles. The molecule has 2 rings (SSSR count). The van der Waals surface area contributed by atoms with E-state index in [-0.39, 0.29) is 9.76 Å². The van der Waals surface area contributed by atoms with Gasteiger partial charge in [0.15, 0.2) is 9.76 Å². The first-order valence-electron chi connectivity index (χ1n) is 5.01. The molecule has 0 amide bonds. The topological polar surface area (TPSA) is 9.23 Å². The fraction of sp³-hybridized carbons (Fsp3) is 0.778. The van der Waals surface area contributed by atoms with Crippen LogP contribution in [0.25, 0.3) is 0 Å². The minimum Gasteiger partial charge on any atom is -0.468 e. The van der Waals surface area contributed by atoms with E-state index < -0.39 is 0 Å². The van der Waals surface area contributed by atoms with Gasteiger partial charge in [0.1, 0.15) is 10.5 Å². The minimum absolute atomic E-state index is 0.195. The third kappa shape index (κ3) is 1.24. The van der Waals surface area contributed by atoms with Gasteiger partial charge in [0.25, 0.3) is 0 Å². The molecule has 0 aromatic rings. The second-order valence-electron chi connectivity index (χ2n) is 4.12. The van der Waals surface area contributed by atoms with Gasteiger partial charge in [-0.1, -0.05) is 11.6 Å². The highest BCUT2D eigenvalue weighted by Gasteiger charge is 2.42. The third-order valence-electron chi connectivity index (χ3n) is 3.62. The van der Waals surface area contributed by atoms with E-state index in [0.717, 1.165) is 27.9 Å². The van der Waals surface area contributed by atoms with E-state index in [1.807, 2.05) is 0 Å². The molecule has 68 valence electrons. The van der Waals surface area contributed by atoms with Crippen molar-refractivity contribution in [2.45, 2.75) is 31.7 Å². The highest BCUT2D eigenvalue weighted by Crippen LogP contribution is 2.54. The summed E-state index contributed by atoms with van der Waals surface area (Å²) < 4.78 is 5.55. The Morgan fingerprint density at radius 3 is 3.08 bits per heavy atom. The Bertz CT molecular complexity index is 203. The molecule has 3 unspecified atom stereocenters. The van der Waals surface area contributed by atoms with Crippen LogP contribution in [0.3, 0.4) is 0 Å². The van der Waals surface area contributed by atoms with Crippen molar-refractivity contribution in [3.8, 4) is 0 Å². The lowest BCUT2D eigenvalue weighted by Gasteiger charge is -2.23. The third-order valence-corrected chi connectivity index (χ3v) is 6.45. The lowest BCUT2D eigenvalue weighted by Crippen LogP contribution is -2.16. The summed E-state index contributed by atoms with van der Waals surface area (Å²) in [6.45, 7) is 2.21. The average Bonchev–Trinajstić information content (AvgIpc) is 2.64. The molecule has 2 aliphatic carbocycles. The first kappa shape index (κ1) is 8.72. The number of hydrogen-bond acceptors (Lipinski definition) is 1. The second kappa shape index (κ2) is 3.48. The smallest absolute Gasteiger partial charge is 0.153 e. The summed E-state index contributed by atoms with van der Waals surface area (Å²) in [6.07, 6.45) is 6.82. The zero-order valence-corrected chi connectivity index (χ0v) is 11.5. The van der Waals surface area contributed by atoms with Crippen molar-refractivity contribution in [1.29, 1.82) is 0 Å². The van der Waals surface area contributed by atoms with Gasteiger partial charge in [-0.3, -0.25) is 0 Å². The van der Waals surface area contributed by atoms with E-state index in [9.17, 15) is 0 Å². The van der Waals surface area contributed by atoms with Crippen LogP contribution < -0.4 is 0 Å². The van der Waals surface area contributed by atoms with Gasteiger partial charge in [-0.05, 0) is 43.6 Å². The predicted molar refractivity (Wildman–Crippen MR) is 57.9 cm³/mol. The van der Waals surface area contributed by atoms with Crippen molar-refractivity contribution in [1.82, 2.24) is 0 Å². The molecule has 0 aromatic heterocycles. The molecular weight excluding hydrogens is 180 g/mol. The molecule has 1 nitrogen and oxygen atoms in total. The molecule has 0 saturated heterocycles. The van der Waals surface area contributed by atoms with Crippen LogP contribution in [0.1, 0.15) is 26.2 Å². The Balaban J connectivity index is 2.11. The second-order valence-corrected chi connectivity index (χ2v) is 7.64. The van der Waals surface area contributed by atoms with E-state index in [1.54, 1.807) is 5.57 Å². The van der Waals surface area contributed by atoms with Gasteiger partial charge < -0.3 is 4.12 Å². The molecule has 12 heavy (non-hydrogen) atoms. The molecule has 3 heteroatoms. The Hall–Kier alpha value is 0.134. The maximum atomic E-state index is 5.55. The molecule has 2 saturated carbocycles. The first-order valence-corrected chi connectivity index (χ1v) is 7.23. The molecule has 0 radical (unpaired) electrons. The van der Waals surface area contributed by atoms with Gasteiger partial charge in [0, 0.05) is 0 Å². The predicted octanol–water partition coefficient (Wildman–Crippen LogP) is 0.532. The fourth-order valence-corrected chi connectivity index (χ4v) is 6.02.